The third-order valence-corrected chi connectivity index (χ3v) is 6.80. The molecule has 0 atom stereocenters. The summed E-state index contributed by atoms with van der Waals surface area (Å²) in [5, 5.41) is 8.55. The summed E-state index contributed by atoms with van der Waals surface area (Å²) in [6.07, 6.45) is 2.90. The summed E-state index contributed by atoms with van der Waals surface area (Å²) < 4.78 is 3.59. The molecule has 9 heteroatoms. The predicted octanol–water partition coefficient (Wildman–Crippen LogP) is 4.12. The molecule has 0 amide bonds. The van der Waals surface area contributed by atoms with Crippen LogP contribution in [0.15, 0.2) is 52.3 Å². The third-order valence-electron chi connectivity index (χ3n) is 4.40. The van der Waals surface area contributed by atoms with Crippen LogP contribution >= 0.6 is 35.1 Å². The second-order valence-corrected chi connectivity index (χ2v) is 8.84. The van der Waals surface area contributed by atoms with E-state index in [1.165, 1.54) is 14.9 Å². The van der Waals surface area contributed by atoms with E-state index < -0.39 is 0 Å². The largest absolute Gasteiger partial charge is 0.368 e. The maximum absolute atomic E-state index is 12.3. The van der Waals surface area contributed by atoms with E-state index in [1.54, 1.807) is 30.6 Å². The summed E-state index contributed by atoms with van der Waals surface area (Å²) >= 11 is 9.24. The molecule has 0 bridgehead atoms. The van der Waals surface area contributed by atoms with Crippen molar-refractivity contribution in [2.75, 3.05) is 12.8 Å². The molecule has 0 saturated carbocycles. The number of rotatable bonds is 6. The van der Waals surface area contributed by atoms with Crippen LogP contribution in [0.1, 0.15) is 16.7 Å². The highest BCUT2D eigenvalue weighted by Gasteiger charge is 2.14. The standard InChI is InChI=1S/C20H22ClN5OS2/c1-14-5-4-6-18(26-20(27)25(2)23-24-26)17(14)13-29-19(28-3)22-12-11-15-7-9-16(21)10-8-15/h4-10H,11-13H2,1-3H3/b22-19+. The van der Waals surface area contributed by atoms with Gasteiger partial charge in [0.15, 0.2) is 0 Å². The minimum atomic E-state index is -0.261. The van der Waals surface area contributed by atoms with Crippen molar-refractivity contribution in [1.82, 2.24) is 19.8 Å². The zero-order valence-electron chi connectivity index (χ0n) is 16.5. The second-order valence-electron chi connectivity index (χ2n) is 6.39. The molecule has 152 valence electrons. The van der Waals surface area contributed by atoms with Crippen LogP contribution in [0.25, 0.3) is 5.69 Å². The summed E-state index contributed by atoms with van der Waals surface area (Å²) in [4.78, 5) is 17.0. The lowest BCUT2D eigenvalue weighted by atomic mass is 10.1. The molecular formula is C20H22ClN5OS2. The highest BCUT2D eigenvalue weighted by atomic mass is 35.5. The summed E-state index contributed by atoms with van der Waals surface area (Å²) in [6.45, 7) is 2.76. The number of aromatic nitrogens is 4. The number of hydrogen-bond acceptors (Lipinski definition) is 6. The predicted molar refractivity (Wildman–Crippen MR) is 124 cm³/mol. The zero-order chi connectivity index (χ0) is 20.8. The molecule has 3 rings (SSSR count). The fourth-order valence-electron chi connectivity index (χ4n) is 2.77. The molecule has 0 saturated heterocycles. The Morgan fingerprint density at radius 3 is 2.59 bits per heavy atom. The van der Waals surface area contributed by atoms with Crippen LogP contribution in [-0.4, -0.2) is 37.0 Å². The average Bonchev–Trinajstić information content (AvgIpc) is 3.05. The maximum atomic E-state index is 12.3. The normalized spacial score (nSPS) is 11.8. The first kappa shape index (κ1) is 21.7. The van der Waals surface area contributed by atoms with E-state index in [4.69, 9.17) is 16.6 Å². The van der Waals surface area contributed by atoms with E-state index in [2.05, 4.69) is 10.4 Å². The van der Waals surface area contributed by atoms with E-state index in [0.29, 0.717) is 5.75 Å². The molecule has 0 unspecified atom stereocenters. The van der Waals surface area contributed by atoms with Crippen LogP contribution in [0.5, 0.6) is 0 Å². The van der Waals surface area contributed by atoms with Gasteiger partial charge in [-0.05, 0) is 64.9 Å². The van der Waals surface area contributed by atoms with E-state index in [9.17, 15) is 4.79 Å². The first-order valence-electron chi connectivity index (χ1n) is 9.03. The van der Waals surface area contributed by atoms with Gasteiger partial charge < -0.3 is 0 Å². The molecule has 0 fully saturated rings. The van der Waals surface area contributed by atoms with Gasteiger partial charge >= 0.3 is 5.69 Å². The number of tetrazole rings is 1. The molecule has 1 aromatic heterocycles. The highest BCUT2D eigenvalue weighted by Crippen LogP contribution is 2.26. The summed E-state index contributed by atoms with van der Waals surface area (Å²) in [5.41, 5.74) is 3.88. The first-order valence-corrected chi connectivity index (χ1v) is 11.6. The van der Waals surface area contributed by atoms with Crippen molar-refractivity contribution in [3.8, 4) is 5.69 Å². The number of nitrogens with zero attached hydrogens (tertiary/aromatic N) is 5. The topological polar surface area (TPSA) is 65.1 Å². The molecule has 0 aliphatic heterocycles. The van der Waals surface area contributed by atoms with E-state index in [0.717, 1.165) is 39.2 Å². The summed E-state index contributed by atoms with van der Waals surface area (Å²) in [5.74, 6) is 0.700. The average molecular weight is 448 g/mol. The van der Waals surface area contributed by atoms with Crippen molar-refractivity contribution < 1.29 is 0 Å². The van der Waals surface area contributed by atoms with E-state index in [-0.39, 0.29) is 5.69 Å². The van der Waals surface area contributed by atoms with Crippen LogP contribution in [0.3, 0.4) is 0 Å². The lowest BCUT2D eigenvalue weighted by Gasteiger charge is -2.11. The fourth-order valence-corrected chi connectivity index (χ4v) is 4.59. The maximum Gasteiger partial charge on any atom is 0.368 e. The van der Waals surface area contributed by atoms with Gasteiger partial charge in [0.05, 0.1) is 5.69 Å². The zero-order valence-corrected chi connectivity index (χ0v) is 18.9. The molecule has 3 aromatic rings. The van der Waals surface area contributed by atoms with Gasteiger partial charge in [0.1, 0.15) is 4.38 Å². The Labute approximate surface area is 183 Å². The number of hydrogen-bond donors (Lipinski definition) is 0. The van der Waals surface area contributed by atoms with Gasteiger partial charge in [0, 0.05) is 24.4 Å². The Morgan fingerprint density at radius 2 is 1.93 bits per heavy atom. The molecule has 29 heavy (non-hydrogen) atoms. The van der Waals surface area contributed by atoms with Gasteiger partial charge in [-0.2, -0.15) is 9.36 Å². The molecule has 2 aromatic carbocycles. The molecule has 0 spiro atoms. The van der Waals surface area contributed by atoms with E-state index in [1.807, 2.05) is 55.6 Å². The molecule has 0 radical (unpaired) electrons. The Balaban J connectivity index is 1.71. The number of benzene rings is 2. The van der Waals surface area contributed by atoms with Gasteiger partial charge in [-0.15, -0.1) is 11.8 Å². The van der Waals surface area contributed by atoms with Crippen molar-refractivity contribution in [2.24, 2.45) is 12.0 Å². The molecule has 0 N–H and O–H groups in total. The van der Waals surface area contributed by atoms with Gasteiger partial charge in [-0.25, -0.2) is 4.79 Å². The molecular weight excluding hydrogens is 426 g/mol. The summed E-state index contributed by atoms with van der Waals surface area (Å²) in [7, 11) is 1.59. The third kappa shape index (κ3) is 5.52. The van der Waals surface area contributed by atoms with Crippen molar-refractivity contribution in [3.63, 3.8) is 0 Å². The highest BCUT2D eigenvalue weighted by molar-refractivity contribution is 8.38. The second kappa shape index (κ2) is 10.1. The van der Waals surface area contributed by atoms with Crippen molar-refractivity contribution in [2.45, 2.75) is 19.1 Å². The molecule has 0 aliphatic carbocycles. The van der Waals surface area contributed by atoms with Crippen LogP contribution in [0.4, 0.5) is 0 Å². The fraction of sp³-hybridized carbons (Fsp3) is 0.300. The van der Waals surface area contributed by atoms with Crippen molar-refractivity contribution >= 4 is 39.5 Å². The lowest BCUT2D eigenvalue weighted by Crippen LogP contribution is -2.23. The van der Waals surface area contributed by atoms with Crippen LogP contribution < -0.4 is 5.69 Å². The first-order chi connectivity index (χ1) is 14.0. The van der Waals surface area contributed by atoms with Crippen LogP contribution in [0.2, 0.25) is 5.02 Å². The minimum Gasteiger partial charge on any atom is -0.271 e. The van der Waals surface area contributed by atoms with Gasteiger partial charge in [0.25, 0.3) is 0 Å². The quantitative estimate of drug-likeness (QED) is 0.420. The van der Waals surface area contributed by atoms with Crippen LogP contribution in [0, 0.1) is 6.92 Å². The van der Waals surface area contributed by atoms with Gasteiger partial charge in [-0.1, -0.05) is 47.6 Å². The van der Waals surface area contributed by atoms with Crippen molar-refractivity contribution in [1.29, 1.82) is 0 Å². The summed E-state index contributed by atoms with van der Waals surface area (Å²) in [6, 6.07) is 13.7. The van der Waals surface area contributed by atoms with Crippen molar-refractivity contribution in [3.05, 3.63) is 74.7 Å². The van der Waals surface area contributed by atoms with E-state index >= 15 is 0 Å². The number of aliphatic imine (C=N–C) groups is 1. The molecule has 6 nitrogen and oxygen atoms in total. The van der Waals surface area contributed by atoms with Gasteiger partial charge in [0.2, 0.25) is 0 Å². The Kier molecular flexibility index (Phi) is 7.57. The SMILES string of the molecule is CS/C(=N\CCc1ccc(Cl)cc1)SCc1c(C)cccc1-n1nnn(C)c1=O. The number of halogens is 1. The van der Waals surface area contributed by atoms with Gasteiger partial charge in [-0.3, -0.25) is 4.99 Å². The smallest absolute Gasteiger partial charge is 0.271 e. The Morgan fingerprint density at radius 1 is 1.17 bits per heavy atom. The lowest BCUT2D eigenvalue weighted by molar-refractivity contribution is 0.692. The monoisotopic (exact) mass is 447 g/mol. The van der Waals surface area contributed by atoms with Crippen LogP contribution in [-0.2, 0) is 19.2 Å². The Bertz CT molecular complexity index is 1060. The molecule has 1 heterocycles. The Hall–Kier alpha value is -2.03. The minimum absolute atomic E-state index is 0.261. The molecule has 0 aliphatic rings. The number of aryl methyl sites for hydroxylation is 2. The number of thioether (sulfide) groups is 2.